The van der Waals surface area contributed by atoms with Gasteiger partial charge in [-0.1, -0.05) is 0 Å². The van der Waals surface area contributed by atoms with Gasteiger partial charge in [0.05, 0.1) is 4.88 Å². The number of thioether (sulfide) groups is 1. The Morgan fingerprint density at radius 3 is 2.83 bits per heavy atom. The van der Waals surface area contributed by atoms with Crippen LogP contribution in [0.4, 0.5) is 8.78 Å². The molecular weight excluding hydrogens is 336 g/mol. The Kier molecular flexibility index (Phi) is 5.02. The molecule has 0 spiro atoms. The standard InChI is InChI=1S/C17H17F2NOS2/c1-11-8-16(23-10-11)17(21)20-5-4-15(22-7-6-20)13-9-12(18)2-3-14(13)19/h2-3,8-10,15H,4-7H2,1H3. The molecule has 1 aromatic carbocycles. The summed E-state index contributed by atoms with van der Waals surface area (Å²) in [6.45, 7) is 3.16. The highest BCUT2D eigenvalue weighted by Gasteiger charge is 2.25. The van der Waals surface area contributed by atoms with E-state index >= 15 is 0 Å². The molecule has 0 radical (unpaired) electrons. The Hall–Kier alpha value is -1.40. The van der Waals surface area contributed by atoms with E-state index in [1.807, 2.05) is 23.3 Å². The van der Waals surface area contributed by atoms with Crippen LogP contribution in [0.25, 0.3) is 0 Å². The highest BCUT2D eigenvalue weighted by Crippen LogP contribution is 2.36. The second-order valence-electron chi connectivity index (χ2n) is 5.59. The molecule has 1 saturated heterocycles. The molecule has 23 heavy (non-hydrogen) atoms. The predicted octanol–water partition coefficient (Wildman–Crippen LogP) is 4.66. The maximum atomic E-state index is 14.0. The molecule has 1 amide bonds. The quantitative estimate of drug-likeness (QED) is 0.783. The van der Waals surface area contributed by atoms with E-state index in [1.54, 1.807) is 11.8 Å². The molecule has 6 heteroatoms. The smallest absolute Gasteiger partial charge is 0.263 e. The van der Waals surface area contributed by atoms with Crippen molar-refractivity contribution < 1.29 is 13.6 Å². The summed E-state index contributed by atoms with van der Waals surface area (Å²) in [5.74, 6) is -0.0497. The van der Waals surface area contributed by atoms with Crippen molar-refractivity contribution in [3.05, 3.63) is 57.3 Å². The van der Waals surface area contributed by atoms with Gasteiger partial charge in [-0.25, -0.2) is 8.78 Å². The number of carbonyl (C=O) groups excluding carboxylic acids is 1. The van der Waals surface area contributed by atoms with E-state index in [0.717, 1.165) is 22.3 Å². The SMILES string of the molecule is Cc1csc(C(=O)N2CCSC(c3cc(F)ccc3F)CC2)c1. The lowest BCUT2D eigenvalue weighted by Gasteiger charge is -2.19. The number of thiophene rings is 1. The van der Waals surface area contributed by atoms with Crippen LogP contribution < -0.4 is 0 Å². The molecular formula is C17H17F2NOS2. The van der Waals surface area contributed by atoms with E-state index in [4.69, 9.17) is 0 Å². The first-order chi connectivity index (χ1) is 11.0. The van der Waals surface area contributed by atoms with Crippen molar-refractivity contribution in [1.29, 1.82) is 0 Å². The average molecular weight is 353 g/mol. The summed E-state index contributed by atoms with van der Waals surface area (Å²) in [5.41, 5.74) is 1.48. The zero-order valence-electron chi connectivity index (χ0n) is 12.7. The van der Waals surface area contributed by atoms with Gasteiger partial charge in [-0.2, -0.15) is 11.8 Å². The van der Waals surface area contributed by atoms with Crippen molar-refractivity contribution in [3.8, 4) is 0 Å². The van der Waals surface area contributed by atoms with Crippen molar-refractivity contribution >= 4 is 29.0 Å². The number of aryl methyl sites for hydroxylation is 1. The molecule has 1 aromatic heterocycles. The van der Waals surface area contributed by atoms with Crippen molar-refractivity contribution in [2.24, 2.45) is 0 Å². The largest absolute Gasteiger partial charge is 0.337 e. The molecule has 2 nitrogen and oxygen atoms in total. The van der Waals surface area contributed by atoms with Crippen LogP contribution in [0.5, 0.6) is 0 Å². The molecule has 2 aromatic rings. The number of amides is 1. The van der Waals surface area contributed by atoms with Gasteiger partial charge in [0, 0.05) is 29.7 Å². The Labute approximate surface area is 142 Å². The number of carbonyl (C=O) groups is 1. The van der Waals surface area contributed by atoms with Crippen molar-refractivity contribution in [2.45, 2.75) is 18.6 Å². The minimum atomic E-state index is -0.423. The molecule has 122 valence electrons. The first-order valence-electron chi connectivity index (χ1n) is 7.45. The van der Waals surface area contributed by atoms with Gasteiger partial charge in [0.2, 0.25) is 0 Å². The zero-order valence-corrected chi connectivity index (χ0v) is 14.4. The average Bonchev–Trinajstić information content (AvgIpc) is 2.82. The van der Waals surface area contributed by atoms with Gasteiger partial charge >= 0.3 is 0 Å². The molecule has 1 aliphatic heterocycles. The van der Waals surface area contributed by atoms with E-state index in [0.29, 0.717) is 25.1 Å². The fourth-order valence-electron chi connectivity index (χ4n) is 2.68. The Morgan fingerprint density at radius 2 is 2.09 bits per heavy atom. The molecule has 1 aliphatic rings. The van der Waals surface area contributed by atoms with E-state index in [9.17, 15) is 13.6 Å². The lowest BCUT2D eigenvalue weighted by Crippen LogP contribution is -2.32. The van der Waals surface area contributed by atoms with Crippen LogP contribution in [0.3, 0.4) is 0 Å². The number of benzene rings is 1. The van der Waals surface area contributed by atoms with E-state index in [1.165, 1.54) is 23.5 Å². The summed E-state index contributed by atoms with van der Waals surface area (Å²) in [7, 11) is 0. The normalized spacial score (nSPS) is 18.7. The zero-order chi connectivity index (χ0) is 16.4. The van der Waals surface area contributed by atoms with Crippen LogP contribution >= 0.6 is 23.1 Å². The predicted molar refractivity (Wildman–Crippen MR) is 91.1 cm³/mol. The summed E-state index contributed by atoms with van der Waals surface area (Å²) >= 11 is 3.04. The fraction of sp³-hybridized carbons (Fsp3) is 0.353. The van der Waals surface area contributed by atoms with Gasteiger partial charge in [-0.05, 0) is 48.6 Å². The summed E-state index contributed by atoms with van der Waals surface area (Å²) < 4.78 is 27.3. The molecule has 3 rings (SSSR count). The summed E-state index contributed by atoms with van der Waals surface area (Å²) in [4.78, 5) is 15.1. The molecule has 2 heterocycles. The van der Waals surface area contributed by atoms with Crippen molar-refractivity contribution in [1.82, 2.24) is 4.90 Å². The maximum Gasteiger partial charge on any atom is 0.263 e. The van der Waals surface area contributed by atoms with Crippen molar-refractivity contribution in [2.75, 3.05) is 18.8 Å². The van der Waals surface area contributed by atoms with Gasteiger partial charge < -0.3 is 4.90 Å². The maximum absolute atomic E-state index is 14.0. The first-order valence-corrected chi connectivity index (χ1v) is 9.38. The Balaban J connectivity index is 1.72. The van der Waals surface area contributed by atoms with E-state index in [2.05, 4.69) is 0 Å². The van der Waals surface area contributed by atoms with Crippen LogP contribution in [-0.2, 0) is 0 Å². The van der Waals surface area contributed by atoms with E-state index in [-0.39, 0.29) is 17.0 Å². The second kappa shape index (κ2) is 7.01. The number of nitrogens with zero attached hydrogens (tertiary/aromatic N) is 1. The van der Waals surface area contributed by atoms with Gasteiger partial charge in [0.25, 0.3) is 5.91 Å². The fourth-order valence-corrected chi connectivity index (χ4v) is 4.79. The lowest BCUT2D eigenvalue weighted by molar-refractivity contribution is 0.0771. The molecule has 0 aliphatic carbocycles. The summed E-state index contributed by atoms with van der Waals surface area (Å²) in [6, 6.07) is 5.48. The number of halogens is 2. The monoisotopic (exact) mass is 353 g/mol. The van der Waals surface area contributed by atoms with Crippen LogP contribution in [0.1, 0.15) is 32.5 Å². The first kappa shape index (κ1) is 16.5. The van der Waals surface area contributed by atoms with Gasteiger partial charge in [0.1, 0.15) is 11.6 Å². The van der Waals surface area contributed by atoms with Gasteiger partial charge in [0.15, 0.2) is 0 Å². The Morgan fingerprint density at radius 1 is 1.26 bits per heavy atom. The summed E-state index contributed by atoms with van der Waals surface area (Å²) in [6.07, 6.45) is 0.626. The molecule has 1 fully saturated rings. The Bertz CT molecular complexity index is 716. The third-order valence-electron chi connectivity index (χ3n) is 3.87. The number of rotatable bonds is 2. The van der Waals surface area contributed by atoms with Crippen molar-refractivity contribution in [3.63, 3.8) is 0 Å². The third kappa shape index (κ3) is 3.75. The molecule has 1 atom stereocenters. The lowest BCUT2D eigenvalue weighted by atomic mass is 10.1. The van der Waals surface area contributed by atoms with Crippen LogP contribution in [-0.4, -0.2) is 29.6 Å². The van der Waals surface area contributed by atoms with Gasteiger partial charge in [-0.15, -0.1) is 11.3 Å². The highest BCUT2D eigenvalue weighted by molar-refractivity contribution is 7.99. The molecule has 0 saturated carbocycles. The third-order valence-corrected chi connectivity index (χ3v) is 6.22. The number of hydrogen-bond donors (Lipinski definition) is 0. The molecule has 1 unspecified atom stereocenters. The van der Waals surface area contributed by atoms with Crippen LogP contribution in [0, 0.1) is 18.6 Å². The van der Waals surface area contributed by atoms with Crippen LogP contribution in [0.2, 0.25) is 0 Å². The summed E-state index contributed by atoms with van der Waals surface area (Å²) in [5, 5.41) is 1.85. The topological polar surface area (TPSA) is 20.3 Å². The molecule has 0 bridgehead atoms. The minimum Gasteiger partial charge on any atom is -0.337 e. The number of hydrogen-bond acceptors (Lipinski definition) is 3. The minimum absolute atomic E-state index is 0.0315. The van der Waals surface area contributed by atoms with Gasteiger partial charge in [-0.3, -0.25) is 4.79 Å². The second-order valence-corrected chi connectivity index (χ2v) is 7.82. The van der Waals surface area contributed by atoms with Crippen LogP contribution in [0.15, 0.2) is 29.6 Å². The highest BCUT2D eigenvalue weighted by atomic mass is 32.2. The molecule has 0 N–H and O–H groups in total. The van der Waals surface area contributed by atoms with E-state index < -0.39 is 5.82 Å².